The predicted molar refractivity (Wildman–Crippen MR) is 129 cm³/mol. The molecule has 0 saturated carbocycles. The van der Waals surface area contributed by atoms with E-state index in [1.54, 1.807) is 0 Å². The molecule has 5 heteroatoms. The van der Waals surface area contributed by atoms with Crippen molar-refractivity contribution >= 4 is 17.9 Å². The van der Waals surface area contributed by atoms with E-state index in [0.717, 1.165) is 73.8 Å². The van der Waals surface area contributed by atoms with Crippen molar-refractivity contribution in [2.45, 2.75) is 84.7 Å². The first-order valence-corrected chi connectivity index (χ1v) is 12.2. The van der Waals surface area contributed by atoms with Gasteiger partial charge in [-0.2, -0.15) is 0 Å². The summed E-state index contributed by atoms with van der Waals surface area (Å²) in [6.07, 6.45) is 6.35. The Labute approximate surface area is 189 Å². The number of para-hydroxylation sites is 1. The number of aldehydes is 1. The van der Waals surface area contributed by atoms with Gasteiger partial charge >= 0.3 is 0 Å². The molecule has 1 aromatic carbocycles. The summed E-state index contributed by atoms with van der Waals surface area (Å²) in [5.74, 6) is 0.506. The van der Waals surface area contributed by atoms with Crippen molar-refractivity contribution in [1.82, 2.24) is 4.90 Å². The van der Waals surface area contributed by atoms with Crippen molar-refractivity contribution in [3.05, 3.63) is 29.3 Å². The molecule has 0 radical (unpaired) electrons. The number of hydrogen-bond acceptors (Lipinski definition) is 3. The van der Waals surface area contributed by atoms with Gasteiger partial charge in [-0.15, -0.1) is 0 Å². The van der Waals surface area contributed by atoms with Gasteiger partial charge in [-0.1, -0.05) is 32.0 Å². The zero-order chi connectivity index (χ0) is 23.0. The summed E-state index contributed by atoms with van der Waals surface area (Å²) in [5.41, 5.74) is 3.32. The highest BCUT2D eigenvalue weighted by Crippen LogP contribution is 2.29. The van der Waals surface area contributed by atoms with Crippen molar-refractivity contribution in [3.8, 4) is 0 Å². The van der Waals surface area contributed by atoms with Crippen LogP contribution in [0.4, 0.5) is 5.69 Å². The number of rotatable bonds is 11. The maximum Gasteiger partial charge on any atom is 0.241 e. The fourth-order valence-corrected chi connectivity index (χ4v) is 4.80. The number of nitrogens with zero attached hydrogens (tertiary/aromatic N) is 2. The van der Waals surface area contributed by atoms with E-state index >= 15 is 0 Å². The molecule has 5 nitrogen and oxygen atoms in total. The Hall–Kier alpha value is -1.72. The molecule has 3 atom stereocenters. The molecule has 0 bridgehead atoms. The van der Waals surface area contributed by atoms with Crippen molar-refractivity contribution in [2.24, 2.45) is 0 Å². The number of unbranched alkanes of at least 4 members (excludes halogenated alkanes) is 1. The smallest absolute Gasteiger partial charge is 0.241 e. The molecule has 1 aliphatic rings. The van der Waals surface area contributed by atoms with Gasteiger partial charge in [0, 0.05) is 11.7 Å². The van der Waals surface area contributed by atoms with Crippen molar-refractivity contribution < 1.29 is 14.1 Å². The number of benzene rings is 1. The first-order chi connectivity index (χ1) is 14.7. The lowest BCUT2D eigenvalue weighted by Gasteiger charge is -2.40. The number of likely N-dealkylation sites (N-methyl/N-ethyl adjacent to an activating group) is 1. The second-order valence-corrected chi connectivity index (χ2v) is 9.93. The maximum absolute atomic E-state index is 13.4. The van der Waals surface area contributed by atoms with E-state index in [-0.39, 0.29) is 11.9 Å². The van der Waals surface area contributed by atoms with Crippen LogP contribution in [0.15, 0.2) is 18.2 Å². The van der Waals surface area contributed by atoms with Crippen LogP contribution in [0.3, 0.4) is 0 Å². The highest BCUT2D eigenvalue weighted by Gasteiger charge is 2.33. The van der Waals surface area contributed by atoms with Crippen molar-refractivity contribution in [2.75, 3.05) is 38.5 Å². The Balaban J connectivity index is 2.04. The number of aryl methyl sites for hydroxylation is 1. The van der Waals surface area contributed by atoms with E-state index in [4.69, 9.17) is 0 Å². The minimum Gasteiger partial charge on any atom is -0.324 e. The highest BCUT2D eigenvalue weighted by atomic mass is 16.2. The summed E-state index contributed by atoms with van der Waals surface area (Å²) >= 11 is 0. The van der Waals surface area contributed by atoms with Crippen LogP contribution < -0.4 is 5.32 Å². The van der Waals surface area contributed by atoms with Gasteiger partial charge in [-0.3, -0.25) is 14.5 Å². The fraction of sp³-hybridized carbons (Fsp3) is 0.692. The molecule has 174 valence electrons. The molecule has 2 rings (SSSR count). The van der Waals surface area contributed by atoms with Crippen molar-refractivity contribution in [1.29, 1.82) is 0 Å². The zero-order valence-corrected chi connectivity index (χ0v) is 20.6. The first kappa shape index (κ1) is 25.5. The largest absolute Gasteiger partial charge is 0.324 e. The summed E-state index contributed by atoms with van der Waals surface area (Å²) < 4.78 is 0.800. The van der Waals surface area contributed by atoms with E-state index in [1.807, 2.05) is 0 Å². The lowest BCUT2D eigenvalue weighted by Crippen LogP contribution is -2.51. The molecule has 1 heterocycles. The molecule has 0 aromatic heterocycles. The maximum atomic E-state index is 13.4. The molecule has 1 aliphatic heterocycles. The quantitative estimate of drug-likeness (QED) is 0.313. The third kappa shape index (κ3) is 6.88. The Kier molecular flexibility index (Phi) is 9.70. The third-order valence-electron chi connectivity index (χ3n) is 7.19. The Morgan fingerprint density at radius 3 is 2.68 bits per heavy atom. The van der Waals surface area contributed by atoms with E-state index in [0.29, 0.717) is 18.5 Å². The lowest BCUT2D eigenvalue weighted by atomic mass is 9.94. The van der Waals surface area contributed by atoms with Crippen LogP contribution in [-0.2, 0) is 9.59 Å². The molecule has 0 aliphatic carbocycles. The summed E-state index contributed by atoms with van der Waals surface area (Å²) in [6.45, 7) is 14.3. The van der Waals surface area contributed by atoms with Crippen LogP contribution in [0.25, 0.3) is 0 Å². The minimum atomic E-state index is -0.0645. The number of likely N-dealkylation sites (tertiary alicyclic amines) is 1. The lowest BCUT2D eigenvalue weighted by molar-refractivity contribution is -0.899. The van der Waals surface area contributed by atoms with Gasteiger partial charge in [0.2, 0.25) is 5.91 Å². The van der Waals surface area contributed by atoms with Crippen LogP contribution in [0.2, 0.25) is 0 Å². The predicted octanol–water partition coefficient (Wildman–Crippen LogP) is 4.75. The monoisotopic (exact) mass is 430 g/mol. The van der Waals surface area contributed by atoms with Crippen LogP contribution in [0, 0.1) is 6.92 Å². The minimum absolute atomic E-state index is 0.0645. The fourth-order valence-electron chi connectivity index (χ4n) is 4.80. The topological polar surface area (TPSA) is 49.4 Å². The second-order valence-electron chi connectivity index (χ2n) is 9.93. The van der Waals surface area contributed by atoms with Crippen molar-refractivity contribution in [3.63, 3.8) is 0 Å². The van der Waals surface area contributed by atoms with Crippen LogP contribution in [-0.4, -0.2) is 66.9 Å². The standard InChI is InChI=1S/C26H43N3O2/c1-7-29(6,18-19-30)17-9-8-16-28-22(5)13-11-15-24(28)26(31)27-25-21(4)12-10-14-23(25)20(2)3/h10,12,14,19-20,22,24H,7-9,11,13,15-18H2,1-6H3/p+1. The van der Waals surface area contributed by atoms with Crippen LogP contribution in [0.5, 0.6) is 0 Å². The highest BCUT2D eigenvalue weighted by molar-refractivity contribution is 5.96. The second kappa shape index (κ2) is 11.8. The number of nitrogens with one attached hydrogen (secondary N) is 1. The number of quaternary nitrogens is 1. The van der Waals surface area contributed by atoms with Gasteiger partial charge in [0.15, 0.2) is 6.29 Å². The van der Waals surface area contributed by atoms with E-state index in [9.17, 15) is 9.59 Å². The molecule has 1 amide bonds. The van der Waals surface area contributed by atoms with E-state index < -0.39 is 0 Å². The molecule has 1 N–H and O–H groups in total. The van der Waals surface area contributed by atoms with E-state index in [2.05, 4.69) is 70.1 Å². The summed E-state index contributed by atoms with van der Waals surface area (Å²) in [4.78, 5) is 26.8. The van der Waals surface area contributed by atoms with Gasteiger partial charge in [0.05, 0.1) is 26.2 Å². The molecule has 1 aromatic rings. The van der Waals surface area contributed by atoms with Gasteiger partial charge in [-0.05, 0) is 76.5 Å². The molecular weight excluding hydrogens is 386 g/mol. The molecule has 0 spiro atoms. The Morgan fingerprint density at radius 1 is 1.29 bits per heavy atom. The normalized spacial score (nSPS) is 21.6. The van der Waals surface area contributed by atoms with Crippen LogP contribution >= 0.6 is 0 Å². The molecule has 31 heavy (non-hydrogen) atoms. The molecule has 1 saturated heterocycles. The first-order valence-electron chi connectivity index (χ1n) is 12.2. The van der Waals surface area contributed by atoms with Gasteiger partial charge in [0.1, 0.15) is 6.54 Å². The number of carbonyl (C=O) groups excluding carboxylic acids is 2. The van der Waals surface area contributed by atoms with Gasteiger partial charge < -0.3 is 9.80 Å². The third-order valence-corrected chi connectivity index (χ3v) is 7.19. The van der Waals surface area contributed by atoms with E-state index in [1.165, 1.54) is 5.56 Å². The number of hydrogen-bond donors (Lipinski definition) is 1. The summed E-state index contributed by atoms with van der Waals surface area (Å²) in [6, 6.07) is 6.63. The number of piperidine rings is 1. The van der Waals surface area contributed by atoms with Crippen LogP contribution in [0.1, 0.15) is 76.8 Å². The van der Waals surface area contributed by atoms with Gasteiger partial charge in [0.25, 0.3) is 0 Å². The number of amides is 1. The Morgan fingerprint density at radius 2 is 2.03 bits per heavy atom. The molecule has 1 fully saturated rings. The SMILES string of the molecule is CC[N+](C)(CC=O)CCCCN1C(C)CCCC1C(=O)Nc1c(C)cccc1C(C)C. The summed E-state index contributed by atoms with van der Waals surface area (Å²) in [7, 11) is 2.16. The molecule has 3 unspecified atom stereocenters. The average Bonchev–Trinajstić information content (AvgIpc) is 2.73. The average molecular weight is 431 g/mol. The zero-order valence-electron chi connectivity index (χ0n) is 20.6. The number of carbonyl (C=O) groups is 2. The number of anilines is 1. The summed E-state index contributed by atoms with van der Waals surface area (Å²) in [5, 5.41) is 3.30. The van der Waals surface area contributed by atoms with Gasteiger partial charge in [-0.25, -0.2) is 0 Å². The molecular formula is C26H44N3O2+. The Bertz CT molecular complexity index is 733.